The van der Waals surface area contributed by atoms with Crippen LogP contribution in [-0.2, 0) is 14.3 Å². The van der Waals surface area contributed by atoms with Gasteiger partial charge in [-0.05, 0) is 55.2 Å². The van der Waals surface area contributed by atoms with Crippen LogP contribution < -0.4 is 4.74 Å². The SMILES string of the molecule is COCCCN1C(=O)C(=O)/C(=C(/O)c2ccc(OC)c(C)c2)C1c1ccccc1C. The highest BCUT2D eigenvalue weighted by Gasteiger charge is 2.46. The van der Waals surface area contributed by atoms with Crippen LogP contribution in [-0.4, -0.2) is 49.1 Å². The molecule has 0 radical (unpaired) electrons. The largest absolute Gasteiger partial charge is 0.507 e. The van der Waals surface area contributed by atoms with E-state index in [1.165, 1.54) is 4.90 Å². The van der Waals surface area contributed by atoms with Gasteiger partial charge in [0, 0.05) is 25.8 Å². The number of ketones is 1. The number of benzene rings is 2. The van der Waals surface area contributed by atoms with Crippen LogP contribution in [0.5, 0.6) is 5.75 Å². The summed E-state index contributed by atoms with van der Waals surface area (Å²) in [5, 5.41) is 11.1. The van der Waals surface area contributed by atoms with E-state index in [0.717, 1.165) is 16.7 Å². The van der Waals surface area contributed by atoms with Gasteiger partial charge in [-0.3, -0.25) is 9.59 Å². The summed E-state index contributed by atoms with van der Waals surface area (Å²) in [6.07, 6.45) is 0.591. The van der Waals surface area contributed by atoms with Crippen molar-refractivity contribution in [2.75, 3.05) is 27.4 Å². The Kier molecular flexibility index (Phi) is 6.57. The van der Waals surface area contributed by atoms with Crippen molar-refractivity contribution in [2.24, 2.45) is 0 Å². The van der Waals surface area contributed by atoms with Gasteiger partial charge in [-0.25, -0.2) is 0 Å². The Balaban J connectivity index is 2.15. The first-order valence-corrected chi connectivity index (χ1v) is 9.88. The molecular weight excluding hydrogens is 382 g/mol. The molecule has 0 bridgehead atoms. The molecule has 30 heavy (non-hydrogen) atoms. The summed E-state index contributed by atoms with van der Waals surface area (Å²) in [6, 6.07) is 12.1. The zero-order valence-corrected chi connectivity index (χ0v) is 17.8. The summed E-state index contributed by atoms with van der Waals surface area (Å²) in [7, 11) is 3.17. The van der Waals surface area contributed by atoms with Crippen molar-refractivity contribution in [1.29, 1.82) is 0 Å². The Labute approximate surface area is 176 Å². The second-order valence-electron chi connectivity index (χ2n) is 7.38. The third-order valence-electron chi connectivity index (χ3n) is 5.44. The molecule has 1 saturated heterocycles. The highest BCUT2D eigenvalue weighted by molar-refractivity contribution is 6.46. The van der Waals surface area contributed by atoms with Crippen molar-refractivity contribution >= 4 is 17.4 Å². The number of aliphatic hydroxyl groups excluding tert-OH is 1. The molecule has 1 aliphatic heterocycles. The van der Waals surface area contributed by atoms with E-state index in [2.05, 4.69) is 0 Å². The summed E-state index contributed by atoms with van der Waals surface area (Å²) < 4.78 is 10.4. The zero-order chi connectivity index (χ0) is 21.8. The minimum atomic E-state index is -0.674. The molecule has 1 atom stereocenters. The molecule has 3 rings (SSSR count). The smallest absolute Gasteiger partial charge is 0.295 e. The lowest BCUT2D eigenvalue weighted by atomic mass is 9.92. The van der Waals surface area contributed by atoms with Gasteiger partial charge >= 0.3 is 0 Å². The Bertz CT molecular complexity index is 995. The molecule has 0 spiro atoms. The predicted molar refractivity (Wildman–Crippen MR) is 114 cm³/mol. The van der Waals surface area contributed by atoms with E-state index >= 15 is 0 Å². The molecule has 2 aromatic carbocycles. The second-order valence-corrected chi connectivity index (χ2v) is 7.38. The van der Waals surface area contributed by atoms with Crippen molar-refractivity contribution in [3.63, 3.8) is 0 Å². The monoisotopic (exact) mass is 409 g/mol. The normalized spacial score (nSPS) is 18.1. The van der Waals surface area contributed by atoms with Crippen LogP contribution >= 0.6 is 0 Å². The number of amides is 1. The van der Waals surface area contributed by atoms with Crippen LogP contribution in [0.25, 0.3) is 5.76 Å². The fourth-order valence-corrected chi connectivity index (χ4v) is 3.89. The van der Waals surface area contributed by atoms with Gasteiger partial charge in [0.25, 0.3) is 11.7 Å². The molecule has 0 saturated carbocycles. The van der Waals surface area contributed by atoms with E-state index in [1.54, 1.807) is 32.4 Å². The summed E-state index contributed by atoms with van der Waals surface area (Å²) in [5.74, 6) is -0.776. The lowest BCUT2D eigenvalue weighted by Gasteiger charge is -2.26. The fraction of sp³-hybridized carbons (Fsp3) is 0.333. The van der Waals surface area contributed by atoms with Gasteiger partial charge in [-0.1, -0.05) is 24.3 Å². The van der Waals surface area contributed by atoms with Gasteiger partial charge in [0.1, 0.15) is 11.5 Å². The number of Topliss-reactive ketones (excluding diaryl/α,β-unsaturated/α-hetero) is 1. The average Bonchev–Trinajstić information content (AvgIpc) is 2.98. The molecule has 2 aromatic rings. The number of carbonyl (C=O) groups is 2. The maximum absolute atomic E-state index is 13.0. The van der Waals surface area contributed by atoms with E-state index in [9.17, 15) is 14.7 Å². The highest BCUT2D eigenvalue weighted by atomic mass is 16.5. The third kappa shape index (κ3) is 3.96. The first kappa shape index (κ1) is 21.6. The number of hydrogen-bond acceptors (Lipinski definition) is 5. The molecule has 6 nitrogen and oxygen atoms in total. The van der Waals surface area contributed by atoms with Crippen molar-refractivity contribution in [2.45, 2.75) is 26.3 Å². The minimum Gasteiger partial charge on any atom is -0.507 e. The average molecular weight is 409 g/mol. The van der Waals surface area contributed by atoms with E-state index in [0.29, 0.717) is 30.9 Å². The first-order chi connectivity index (χ1) is 14.4. The molecule has 0 aromatic heterocycles. The summed E-state index contributed by atoms with van der Waals surface area (Å²) >= 11 is 0. The molecule has 6 heteroatoms. The number of ether oxygens (including phenoxy) is 2. The van der Waals surface area contributed by atoms with Crippen LogP contribution in [0.2, 0.25) is 0 Å². The van der Waals surface area contributed by atoms with Gasteiger partial charge in [-0.2, -0.15) is 0 Å². The van der Waals surface area contributed by atoms with E-state index < -0.39 is 17.7 Å². The van der Waals surface area contributed by atoms with Crippen LogP contribution in [0.1, 0.15) is 34.7 Å². The predicted octanol–water partition coefficient (Wildman–Crippen LogP) is 3.77. The minimum absolute atomic E-state index is 0.108. The highest BCUT2D eigenvalue weighted by Crippen LogP contribution is 2.40. The molecule has 1 fully saturated rings. The molecule has 0 aliphatic carbocycles. The standard InChI is InChI=1S/C24H27NO5/c1-15-8-5-6-9-18(15)21-20(23(27)24(28)25(21)12-7-13-29-3)22(26)17-10-11-19(30-4)16(2)14-17/h5-6,8-11,14,21,26H,7,12-13H2,1-4H3/b22-20+. The quantitative estimate of drug-likeness (QED) is 0.326. The Morgan fingerprint density at radius 3 is 2.43 bits per heavy atom. The van der Waals surface area contributed by atoms with Crippen molar-refractivity contribution in [1.82, 2.24) is 4.90 Å². The summed E-state index contributed by atoms with van der Waals surface area (Å²) in [5.41, 5.74) is 3.17. The van der Waals surface area contributed by atoms with Gasteiger partial charge in [0.05, 0.1) is 18.7 Å². The maximum atomic E-state index is 13.0. The van der Waals surface area contributed by atoms with E-state index in [4.69, 9.17) is 9.47 Å². The van der Waals surface area contributed by atoms with Gasteiger partial charge in [0.2, 0.25) is 0 Å². The summed E-state index contributed by atoms with van der Waals surface area (Å²) in [6.45, 7) is 4.62. The van der Waals surface area contributed by atoms with Gasteiger partial charge < -0.3 is 19.5 Å². The van der Waals surface area contributed by atoms with Crippen LogP contribution in [0.3, 0.4) is 0 Å². The van der Waals surface area contributed by atoms with Crippen molar-refractivity contribution in [3.05, 3.63) is 70.3 Å². The number of rotatable bonds is 7. The Morgan fingerprint density at radius 1 is 1.07 bits per heavy atom. The maximum Gasteiger partial charge on any atom is 0.295 e. The summed E-state index contributed by atoms with van der Waals surface area (Å²) in [4.78, 5) is 27.4. The lowest BCUT2D eigenvalue weighted by molar-refractivity contribution is -0.140. The van der Waals surface area contributed by atoms with E-state index in [1.807, 2.05) is 38.1 Å². The number of nitrogens with zero attached hydrogens (tertiary/aromatic N) is 1. The van der Waals surface area contributed by atoms with Crippen LogP contribution in [0.15, 0.2) is 48.0 Å². The molecule has 1 amide bonds. The number of aryl methyl sites for hydroxylation is 2. The van der Waals surface area contributed by atoms with Crippen molar-refractivity contribution in [3.8, 4) is 5.75 Å². The van der Waals surface area contributed by atoms with E-state index in [-0.39, 0.29) is 11.3 Å². The third-order valence-corrected chi connectivity index (χ3v) is 5.44. The lowest BCUT2D eigenvalue weighted by Crippen LogP contribution is -2.31. The molecule has 1 heterocycles. The molecule has 1 unspecified atom stereocenters. The number of aliphatic hydroxyl groups is 1. The van der Waals surface area contributed by atoms with Crippen LogP contribution in [0.4, 0.5) is 0 Å². The fourth-order valence-electron chi connectivity index (χ4n) is 3.89. The second kappa shape index (κ2) is 9.13. The number of likely N-dealkylation sites (tertiary alicyclic amines) is 1. The first-order valence-electron chi connectivity index (χ1n) is 9.88. The molecule has 1 aliphatic rings. The number of methoxy groups -OCH3 is 2. The molecular formula is C24H27NO5. The topological polar surface area (TPSA) is 76.1 Å². The number of carbonyl (C=O) groups excluding carboxylic acids is 2. The van der Waals surface area contributed by atoms with Crippen molar-refractivity contribution < 1.29 is 24.2 Å². The Morgan fingerprint density at radius 2 is 1.80 bits per heavy atom. The van der Waals surface area contributed by atoms with Gasteiger partial charge in [-0.15, -0.1) is 0 Å². The van der Waals surface area contributed by atoms with Crippen LogP contribution in [0, 0.1) is 13.8 Å². The molecule has 158 valence electrons. The molecule has 1 N–H and O–H groups in total. The number of hydrogen-bond donors (Lipinski definition) is 1. The Hall–Kier alpha value is -3.12. The zero-order valence-electron chi connectivity index (χ0n) is 17.8. The van der Waals surface area contributed by atoms with Gasteiger partial charge in [0.15, 0.2) is 0 Å².